The lowest BCUT2D eigenvalue weighted by Crippen LogP contribution is -1.85. The summed E-state index contributed by atoms with van der Waals surface area (Å²) in [4.78, 5) is 17.6. The second-order valence-electron chi connectivity index (χ2n) is 2.50. The molecule has 2 rings (SSSR count). The molecule has 1 aromatic rings. The Balaban J connectivity index is 2.45. The van der Waals surface area contributed by atoms with Crippen molar-refractivity contribution < 1.29 is 4.79 Å². The molecule has 0 aliphatic carbocycles. The van der Waals surface area contributed by atoms with Gasteiger partial charge in [0.2, 0.25) is 6.08 Å². The van der Waals surface area contributed by atoms with E-state index in [9.17, 15) is 4.79 Å². The molecule has 0 amide bonds. The molecule has 1 aliphatic rings. The first-order valence-corrected chi connectivity index (χ1v) is 4.69. The Morgan fingerprint density at radius 1 is 1.58 bits per heavy atom. The molecule has 4 heteroatoms. The first-order chi connectivity index (χ1) is 5.90. The number of fused-ring (bicyclic) bond motifs is 1. The van der Waals surface area contributed by atoms with Crippen molar-refractivity contribution >= 4 is 23.5 Å². The minimum atomic E-state index is 0.603. The van der Waals surface area contributed by atoms with Gasteiger partial charge in [-0.15, -0.1) is 0 Å². The van der Waals surface area contributed by atoms with Gasteiger partial charge in [0.25, 0.3) is 0 Å². The average molecular weight is 178 g/mol. The van der Waals surface area contributed by atoms with Crippen molar-refractivity contribution in [3.05, 3.63) is 23.5 Å². The third-order valence-corrected chi connectivity index (χ3v) is 2.71. The van der Waals surface area contributed by atoms with Crippen LogP contribution in [-0.4, -0.2) is 11.1 Å². The van der Waals surface area contributed by atoms with Crippen molar-refractivity contribution in [2.24, 2.45) is 4.99 Å². The molecule has 0 spiro atoms. The SMILES string of the molecule is O=C=Nc1cnc2c(c1)CSC2. The van der Waals surface area contributed by atoms with Gasteiger partial charge in [-0.2, -0.15) is 16.8 Å². The number of aromatic nitrogens is 1. The number of thioether (sulfide) groups is 1. The summed E-state index contributed by atoms with van der Waals surface area (Å²) in [6.07, 6.45) is 3.11. The number of hydrogen-bond acceptors (Lipinski definition) is 4. The van der Waals surface area contributed by atoms with E-state index in [4.69, 9.17) is 0 Å². The van der Waals surface area contributed by atoms with Crippen LogP contribution in [0.2, 0.25) is 0 Å². The molecule has 0 fully saturated rings. The molecule has 3 nitrogen and oxygen atoms in total. The second-order valence-corrected chi connectivity index (χ2v) is 3.48. The highest BCUT2D eigenvalue weighted by atomic mass is 32.2. The van der Waals surface area contributed by atoms with Gasteiger partial charge >= 0.3 is 0 Å². The smallest absolute Gasteiger partial charge is 0.240 e. The van der Waals surface area contributed by atoms with Crippen molar-refractivity contribution in [1.29, 1.82) is 0 Å². The van der Waals surface area contributed by atoms with Crippen LogP contribution in [0.1, 0.15) is 11.3 Å². The predicted molar refractivity (Wildman–Crippen MR) is 47.0 cm³/mol. The number of carbonyl (C=O) groups excluding carboxylic acids is 1. The van der Waals surface area contributed by atoms with Gasteiger partial charge in [-0.05, 0) is 11.6 Å². The van der Waals surface area contributed by atoms with Gasteiger partial charge in [0.05, 0.1) is 17.6 Å². The Bertz CT molecular complexity index is 358. The molecule has 0 saturated carbocycles. The van der Waals surface area contributed by atoms with Crippen LogP contribution < -0.4 is 0 Å². The molecule has 0 unspecified atom stereocenters. The van der Waals surface area contributed by atoms with Gasteiger partial charge in [-0.3, -0.25) is 4.98 Å². The maximum Gasteiger partial charge on any atom is 0.240 e. The van der Waals surface area contributed by atoms with E-state index in [-0.39, 0.29) is 0 Å². The van der Waals surface area contributed by atoms with E-state index in [1.54, 1.807) is 6.20 Å². The van der Waals surface area contributed by atoms with Crippen molar-refractivity contribution in [2.75, 3.05) is 0 Å². The van der Waals surface area contributed by atoms with E-state index in [2.05, 4.69) is 9.98 Å². The summed E-state index contributed by atoms with van der Waals surface area (Å²) >= 11 is 1.83. The van der Waals surface area contributed by atoms with Crippen LogP contribution in [0.4, 0.5) is 5.69 Å². The molecule has 2 heterocycles. The molecular formula is C8H6N2OS. The summed E-state index contributed by atoms with van der Waals surface area (Å²) in [6.45, 7) is 0. The minimum Gasteiger partial charge on any atom is -0.258 e. The Morgan fingerprint density at radius 3 is 3.33 bits per heavy atom. The van der Waals surface area contributed by atoms with Crippen molar-refractivity contribution in [1.82, 2.24) is 4.98 Å². The van der Waals surface area contributed by atoms with Gasteiger partial charge in [0, 0.05) is 11.5 Å². The monoisotopic (exact) mass is 178 g/mol. The molecule has 0 bridgehead atoms. The Morgan fingerprint density at radius 2 is 2.50 bits per heavy atom. The maximum atomic E-state index is 9.95. The molecule has 0 N–H and O–H groups in total. The highest BCUT2D eigenvalue weighted by Gasteiger charge is 2.12. The molecule has 1 aromatic heterocycles. The average Bonchev–Trinajstić information content (AvgIpc) is 2.51. The highest BCUT2D eigenvalue weighted by molar-refractivity contribution is 7.98. The van der Waals surface area contributed by atoms with E-state index in [0.717, 1.165) is 17.2 Å². The Hall–Kier alpha value is -1.12. The topological polar surface area (TPSA) is 42.3 Å². The Kier molecular flexibility index (Phi) is 1.94. The Labute approximate surface area is 73.9 Å². The van der Waals surface area contributed by atoms with Crippen molar-refractivity contribution in [3.8, 4) is 0 Å². The number of isocyanates is 1. The summed E-state index contributed by atoms with van der Waals surface area (Å²) in [5, 5.41) is 0. The number of hydrogen-bond donors (Lipinski definition) is 0. The lowest BCUT2D eigenvalue weighted by Gasteiger charge is -1.95. The minimum absolute atomic E-state index is 0.603. The molecule has 0 aromatic carbocycles. The number of aliphatic imine (C=N–C) groups is 1. The van der Waals surface area contributed by atoms with Gasteiger partial charge in [-0.1, -0.05) is 0 Å². The van der Waals surface area contributed by atoms with Crippen LogP contribution >= 0.6 is 11.8 Å². The van der Waals surface area contributed by atoms with Crippen molar-refractivity contribution in [2.45, 2.75) is 11.5 Å². The zero-order valence-corrected chi connectivity index (χ0v) is 7.10. The van der Waals surface area contributed by atoms with E-state index >= 15 is 0 Å². The summed E-state index contributed by atoms with van der Waals surface area (Å²) in [5.41, 5.74) is 2.91. The second kappa shape index (κ2) is 3.09. The van der Waals surface area contributed by atoms with Crippen LogP contribution in [-0.2, 0) is 16.3 Å². The molecule has 60 valence electrons. The summed E-state index contributed by atoms with van der Waals surface area (Å²) in [6, 6.07) is 1.90. The first-order valence-electron chi connectivity index (χ1n) is 3.53. The zero-order valence-electron chi connectivity index (χ0n) is 6.28. The highest BCUT2D eigenvalue weighted by Crippen LogP contribution is 2.30. The molecular weight excluding hydrogens is 172 g/mol. The van der Waals surface area contributed by atoms with Crippen LogP contribution in [0.25, 0.3) is 0 Å². The maximum absolute atomic E-state index is 9.95. The van der Waals surface area contributed by atoms with E-state index < -0.39 is 0 Å². The fraction of sp³-hybridized carbons (Fsp3) is 0.250. The van der Waals surface area contributed by atoms with Gasteiger partial charge in [0.15, 0.2) is 0 Å². The first kappa shape index (κ1) is 7.53. The van der Waals surface area contributed by atoms with E-state index in [1.807, 2.05) is 17.8 Å². The molecule has 12 heavy (non-hydrogen) atoms. The number of nitrogens with zero attached hydrogens (tertiary/aromatic N) is 2. The van der Waals surface area contributed by atoms with E-state index in [1.165, 1.54) is 11.6 Å². The zero-order chi connectivity index (χ0) is 8.39. The standard InChI is InChI=1S/C8H6N2OS/c11-5-10-7-1-6-3-12-4-8(6)9-2-7/h1-2H,3-4H2. The summed E-state index contributed by atoms with van der Waals surface area (Å²) in [7, 11) is 0. The van der Waals surface area contributed by atoms with Crippen LogP contribution in [0.5, 0.6) is 0 Å². The predicted octanol–water partition coefficient (Wildman–Crippen LogP) is 1.80. The van der Waals surface area contributed by atoms with Crippen molar-refractivity contribution in [3.63, 3.8) is 0 Å². The fourth-order valence-electron chi connectivity index (χ4n) is 1.15. The summed E-state index contributed by atoms with van der Waals surface area (Å²) in [5.74, 6) is 1.95. The lowest BCUT2D eigenvalue weighted by molar-refractivity contribution is 0.565. The number of pyridine rings is 1. The van der Waals surface area contributed by atoms with Crippen LogP contribution in [0.15, 0.2) is 17.3 Å². The lowest BCUT2D eigenvalue weighted by atomic mass is 10.2. The summed E-state index contributed by atoms with van der Waals surface area (Å²) < 4.78 is 0. The van der Waals surface area contributed by atoms with Crippen LogP contribution in [0, 0.1) is 0 Å². The quantitative estimate of drug-likeness (QED) is 0.486. The van der Waals surface area contributed by atoms with E-state index in [0.29, 0.717) is 5.69 Å². The molecule has 0 atom stereocenters. The normalized spacial score (nSPS) is 13.7. The van der Waals surface area contributed by atoms with Gasteiger partial charge in [0.1, 0.15) is 0 Å². The third kappa shape index (κ3) is 1.26. The molecule has 1 aliphatic heterocycles. The number of rotatable bonds is 1. The van der Waals surface area contributed by atoms with Gasteiger partial charge < -0.3 is 0 Å². The molecule has 0 radical (unpaired) electrons. The molecule has 0 saturated heterocycles. The van der Waals surface area contributed by atoms with Crippen LogP contribution in [0.3, 0.4) is 0 Å². The fourth-order valence-corrected chi connectivity index (χ4v) is 2.18. The van der Waals surface area contributed by atoms with Gasteiger partial charge in [-0.25, -0.2) is 4.79 Å². The largest absolute Gasteiger partial charge is 0.258 e. The third-order valence-electron chi connectivity index (χ3n) is 1.72.